The highest BCUT2D eigenvalue weighted by molar-refractivity contribution is 7.98. The first-order chi connectivity index (χ1) is 13.9. The summed E-state index contributed by atoms with van der Waals surface area (Å²) < 4.78 is 16.4. The standard InChI is InChI=1S/C20H21N3O5S/c1-12-8-16(29-4)9-13(2)18(12)27-11-17(24)21-14-6-5-7-15(10-14)23-20(25)28-19(22-23)26-3/h5-10H,11H2,1-4H3,(H,21,24). The van der Waals surface area contributed by atoms with Gasteiger partial charge in [0.05, 0.1) is 12.8 Å². The molecule has 0 spiro atoms. The fraction of sp³-hybridized carbons (Fsp3) is 0.250. The summed E-state index contributed by atoms with van der Waals surface area (Å²) >= 11 is 1.66. The number of aryl methyl sites for hydroxylation is 2. The highest BCUT2D eigenvalue weighted by Gasteiger charge is 2.12. The number of nitrogens with zero attached hydrogens (tertiary/aromatic N) is 2. The Morgan fingerprint density at radius 2 is 1.97 bits per heavy atom. The van der Waals surface area contributed by atoms with Gasteiger partial charge in [-0.1, -0.05) is 11.2 Å². The fourth-order valence-corrected chi connectivity index (χ4v) is 3.40. The van der Waals surface area contributed by atoms with Crippen LogP contribution in [0.5, 0.6) is 11.8 Å². The van der Waals surface area contributed by atoms with Crippen LogP contribution in [0.1, 0.15) is 11.1 Å². The third kappa shape index (κ3) is 4.80. The maximum Gasteiger partial charge on any atom is 0.444 e. The molecule has 0 aliphatic carbocycles. The number of hydrogen-bond donors (Lipinski definition) is 1. The van der Waals surface area contributed by atoms with Crippen molar-refractivity contribution in [2.75, 3.05) is 25.3 Å². The average molecular weight is 415 g/mol. The van der Waals surface area contributed by atoms with E-state index in [2.05, 4.69) is 10.4 Å². The lowest BCUT2D eigenvalue weighted by Gasteiger charge is -2.13. The maximum absolute atomic E-state index is 12.3. The van der Waals surface area contributed by atoms with E-state index in [1.807, 2.05) is 32.2 Å². The molecule has 0 saturated heterocycles. The molecule has 9 heteroatoms. The van der Waals surface area contributed by atoms with Crippen molar-refractivity contribution in [1.82, 2.24) is 9.78 Å². The monoisotopic (exact) mass is 415 g/mol. The first-order valence-electron chi connectivity index (χ1n) is 8.73. The summed E-state index contributed by atoms with van der Waals surface area (Å²) in [6.07, 6.45) is 1.87. The highest BCUT2D eigenvalue weighted by Crippen LogP contribution is 2.28. The zero-order valence-corrected chi connectivity index (χ0v) is 17.3. The molecule has 29 heavy (non-hydrogen) atoms. The number of methoxy groups -OCH3 is 1. The van der Waals surface area contributed by atoms with Crippen LogP contribution in [0, 0.1) is 13.8 Å². The van der Waals surface area contributed by atoms with Crippen LogP contribution in [-0.4, -0.2) is 35.7 Å². The van der Waals surface area contributed by atoms with E-state index in [-0.39, 0.29) is 18.6 Å². The molecule has 1 aromatic heterocycles. The smallest absolute Gasteiger partial charge is 0.444 e. The molecule has 0 atom stereocenters. The molecule has 152 valence electrons. The van der Waals surface area contributed by atoms with Gasteiger partial charge in [-0.15, -0.1) is 11.8 Å². The Hall–Kier alpha value is -3.20. The number of aromatic nitrogens is 2. The number of amides is 1. The van der Waals surface area contributed by atoms with Crippen LogP contribution >= 0.6 is 11.8 Å². The molecule has 0 aliphatic rings. The van der Waals surface area contributed by atoms with Crippen LogP contribution in [0.2, 0.25) is 0 Å². The van der Waals surface area contributed by atoms with Gasteiger partial charge in [-0.25, -0.2) is 4.79 Å². The number of thioether (sulfide) groups is 1. The zero-order valence-electron chi connectivity index (χ0n) is 16.5. The average Bonchev–Trinajstić information content (AvgIpc) is 3.08. The van der Waals surface area contributed by atoms with E-state index in [0.717, 1.165) is 20.7 Å². The molecule has 0 aliphatic heterocycles. The number of carbonyl (C=O) groups excluding carboxylic acids is 1. The zero-order chi connectivity index (χ0) is 21.0. The number of hydrogen-bond acceptors (Lipinski definition) is 7. The van der Waals surface area contributed by atoms with Crippen LogP contribution in [0.4, 0.5) is 5.69 Å². The largest absolute Gasteiger partial charge is 0.483 e. The maximum atomic E-state index is 12.3. The van der Waals surface area contributed by atoms with Crippen molar-refractivity contribution in [3.63, 3.8) is 0 Å². The number of rotatable bonds is 7. The lowest BCUT2D eigenvalue weighted by atomic mass is 10.1. The molecule has 1 N–H and O–H groups in total. The first-order valence-corrected chi connectivity index (χ1v) is 9.96. The molecule has 8 nitrogen and oxygen atoms in total. The van der Waals surface area contributed by atoms with Crippen molar-refractivity contribution in [3.8, 4) is 17.5 Å². The molecule has 0 radical (unpaired) electrons. The van der Waals surface area contributed by atoms with Crippen LogP contribution in [-0.2, 0) is 4.79 Å². The molecule has 0 unspecified atom stereocenters. The van der Waals surface area contributed by atoms with Crippen LogP contribution in [0.15, 0.2) is 50.5 Å². The summed E-state index contributed by atoms with van der Waals surface area (Å²) in [6, 6.07) is 10.7. The molecule has 0 fully saturated rings. The predicted molar refractivity (Wildman–Crippen MR) is 110 cm³/mol. The minimum Gasteiger partial charge on any atom is -0.483 e. The Morgan fingerprint density at radius 1 is 1.24 bits per heavy atom. The Balaban J connectivity index is 1.69. The number of ether oxygens (including phenoxy) is 2. The lowest BCUT2D eigenvalue weighted by Crippen LogP contribution is -2.21. The number of carbonyl (C=O) groups is 1. The quantitative estimate of drug-likeness (QED) is 0.592. The fourth-order valence-electron chi connectivity index (χ4n) is 2.81. The van der Waals surface area contributed by atoms with E-state index in [4.69, 9.17) is 13.9 Å². The minimum absolute atomic E-state index is 0.137. The van der Waals surface area contributed by atoms with E-state index < -0.39 is 5.76 Å². The van der Waals surface area contributed by atoms with Gasteiger partial charge < -0.3 is 19.2 Å². The molecule has 3 rings (SSSR count). The Bertz CT molecular complexity index is 1070. The van der Waals surface area contributed by atoms with Gasteiger partial charge in [0.15, 0.2) is 6.61 Å². The topological polar surface area (TPSA) is 95.6 Å². The molecular formula is C20H21N3O5S. The molecule has 0 bridgehead atoms. The van der Waals surface area contributed by atoms with E-state index in [0.29, 0.717) is 17.1 Å². The predicted octanol–water partition coefficient (Wildman–Crippen LogP) is 3.19. The second-order valence-corrected chi connectivity index (χ2v) is 7.11. The van der Waals surface area contributed by atoms with Crippen molar-refractivity contribution in [3.05, 3.63) is 58.1 Å². The van der Waals surface area contributed by atoms with Crippen molar-refractivity contribution < 1.29 is 18.7 Å². The van der Waals surface area contributed by atoms with Gasteiger partial charge >= 0.3 is 11.8 Å². The van der Waals surface area contributed by atoms with E-state index in [9.17, 15) is 9.59 Å². The first kappa shape index (κ1) is 20.5. The number of anilines is 1. The van der Waals surface area contributed by atoms with Gasteiger partial charge in [0.1, 0.15) is 5.75 Å². The van der Waals surface area contributed by atoms with Crippen molar-refractivity contribution in [2.24, 2.45) is 0 Å². The number of nitrogens with one attached hydrogen (secondary N) is 1. The Morgan fingerprint density at radius 3 is 2.59 bits per heavy atom. The molecule has 2 aromatic carbocycles. The van der Waals surface area contributed by atoms with Gasteiger partial charge in [-0.3, -0.25) is 4.79 Å². The van der Waals surface area contributed by atoms with Crippen molar-refractivity contribution in [2.45, 2.75) is 18.7 Å². The van der Waals surface area contributed by atoms with Crippen molar-refractivity contribution >= 4 is 23.4 Å². The van der Waals surface area contributed by atoms with Gasteiger partial charge in [-0.2, -0.15) is 4.68 Å². The third-order valence-electron chi connectivity index (χ3n) is 4.10. The van der Waals surface area contributed by atoms with Crippen LogP contribution in [0.3, 0.4) is 0 Å². The second kappa shape index (κ2) is 8.87. The van der Waals surface area contributed by atoms with Gasteiger partial charge in [0, 0.05) is 10.6 Å². The summed E-state index contributed by atoms with van der Waals surface area (Å²) in [6.45, 7) is 3.77. The summed E-state index contributed by atoms with van der Waals surface area (Å²) in [4.78, 5) is 25.3. The van der Waals surface area contributed by atoms with E-state index >= 15 is 0 Å². The van der Waals surface area contributed by atoms with Gasteiger partial charge in [-0.05, 0) is 61.6 Å². The SMILES string of the molecule is COc1nn(-c2cccc(NC(=O)COc3c(C)cc(SC)cc3C)c2)c(=O)o1. The van der Waals surface area contributed by atoms with Gasteiger partial charge in [0.2, 0.25) is 0 Å². The van der Waals surface area contributed by atoms with E-state index in [1.165, 1.54) is 7.11 Å². The third-order valence-corrected chi connectivity index (χ3v) is 4.80. The Kier molecular flexibility index (Phi) is 6.28. The molecule has 1 amide bonds. The number of benzene rings is 2. The lowest BCUT2D eigenvalue weighted by molar-refractivity contribution is -0.118. The Labute approximate surface area is 171 Å². The summed E-state index contributed by atoms with van der Waals surface area (Å²) in [5.41, 5.74) is 2.88. The summed E-state index contributed by atoms with van der Waals surface area (Å²) in [5.74, 6) is -0.304. The minimum atomic E-state index is -0.687. The summed E-state index contributed by atoms with van der Waals surface area (Å²) in [7, 11) is 1.35. The van der Waals surface area contributed by atoms with E-state index in [1.54, 1.807) is 36.0 Å². The van der Waals surface area contributed by atoms with Gasteiger partial charge in [0.25, 0.3) is 5.91 Å². The molecule has 0 saturated carbocycles. The highest BCUT2D eigenvalue weighted by atomic mass is 32.2. The van der Waals surface area contributed by atoms with Crippen molar-refractivity contribution in [1.29, 1.82) is 0 Å². The summed E-state index contributed by atoms with van der Waals surface area (Å²) in [5, 5.41) is 6.66. The molecule has 3 aromatic rings. The molecule has 1 heterocycles. The second-order valence-electron chi connectivity index (χ2n) is 6.23. The normalized spacial score (nSPS) is 10.6. The molecular weight excluding hydrogens is 394 g/mol. The van der Waals surface area contributed by atoms with Crippen LogP contribution in [0.25, 0.3) is 5.69 Å². The van der Waals surface area contributed by atoms with Crippen LogP contribution < -0.4 is 20.5 Å².